The van der Waals surface area contributed by atoms with Gasteiger partial charge in [-0.15, -0.1) is 0 Å². The summed E-state index contributed by atoms with van der Waals surface area (Å²) in [5, 5.41) is 16.9. The lowest BCUT2D eigenvalue weighted by Crippen LogP contribution is -2.39. The molecule has 0 aliphatic rings. The molecule has 35 heavy (non-hydrogen) atoms. The van der Waals surface area contributed by atoms with Crippen molar-refractivity contribution in [3.8, 4) is 11.5 Å². The van der Waals surface area contributed by atoms with E-state index in [-0.39, 0.29) is 17.0 Å². The molecule has 0 radical (unpaired) electrons. The molecule has 10 heteroatoms. The molecule has 178 valence electrons. The lowest BCUT2D eigenvalue weighted by Gasteiger charge is -2.11. The fourth-order valence-corrected chi connectivity index (χ4v) is 3.40. The minimum Gasteiger partial charge on any atom is -0.478 e. The molecule has 2 aromatic carbocycles. The lowest BCUT2D eigenvalue weighted by atomic mass is 10.1. The van der Waals surface area contributed by atoms with Crippen molar-refractivity contribution < 1.29 is 14.6 Å². The molecule has 2 N–H and O–H groups in total. The van der Waals surface area contributed by atoms with Crippen molar-refractivity contribution in [2.45, 2.75) is 26.3 Å². The van der Waals surface area contributed by atoms with Crippen molar-refractivity contribution in [1.82, 2.24) is 19.7 Å². The summed E-state index contributed by atoms with van der Waals surface area (Å²) in [6.07, 6.45) is 2.67. The number of carboxylic acid groups (broad SMARTS) is 1. The molecule has 0 aliphatic heterocycles. The summed E-state index contributed by atoms with van der Waals surface area (Å²) >= 11 is 5.99. The van der Waals surface area contributed by atoms with E-state index in [2.05, 4.69) is 20.2 Å². The van der Waals surface area contributed by atoms with E-state index in [1.54, 1.807) is 41.0 Å². The van der Waals surface area contributed by atoms with Crippen molar-refractivity contribution in [2.24, 2.45) is 4.99 Å². The number of hydrogen-bond acceptors (Lipinski definition) is 6. The Morgan fingerprint density at radius 1 is 1.11 bits per heavy atom. The van der Waals surface area contributed by atoms with Gasteiger partial charge in [-0.05, 0) is 48.0 Å². The molecule has 0 unspecified atom stereocenters. The topological polar surface area (TPSA) is 122 Å². The number of H-pyrrole nitrogens is 1. The molecule has 0 atom stereocenters. The molecule has 9 nitrogen and oxygen atoms in total. The Labute approximate surface area is 205 Å². The first-order chi connectivity index (χ1) is 16.8. The summed E-state index contributed by atoms with van der Waals surface area (Å²) in [5.74, 6) is -0.373. The fourth-order valence-electron chi connectivity index (χ4n) is 3.27. The molecule has 0 saturated carbocycles. The van der Waals surface area contributed by atoms with Crippen LogP contribution in [0.25, 0.3) is 0 Å². The lowest BCUT2D eigenvalue weighted by molar-refractivity contribution is 0.0696. The number of carboxylic acids is 1. The zero-order chi connectivity index (χ0) is 24.9. The maximum Gasteiger partial charge on any atom is 0.337 e. The van der Waals surface area contributed by atoms with Crippen LogP contribution in [0.5, 0.6) is 11.5 Å². The number of ether oxygens (including phenoxy) is 1. The van der Waals surface area contributed by atoms with Crippen LogP contribution in [-0.4, -0.2) is 30.8 Å². The number of halogens is 1. The summed E-state index contributed by atoms with van der Waals surface area (Å²) in [6, 6.07) is 15.4. The van der Waals surface area contributed by atoms with Gasteiger partial charge in [-0.3, -0.25) is 14.3 Å². The SMILES string of the molecule is CC(C)c1n[nH]/c(=N\c2ccc(Oc3cncc(C(=O)O)c3)cc2)n(Cc2ccc(Cl)cc2)c1=O. The van der Waals surface area contributed by atoms with Gasteiger partial charge in [0.2, 0.25) is 5.62 Å². The molecular formula is C25H22ClN5O4. The molecule has 4 aromatic rings. The second kappa shape index (κ2) is 10.4. The number of nitrogens with one attached hydrogen (secondary N) is 1. The number of hydrogen-bond donors (Lipinski definition) is 2. The van der Waals surface area contributed by atoms with E-state index in [1.165, 1.54) is 18.5 Å². The molecule has 0 aliphatic carbocycles. The van der Waals surface area contributed by atoms with Gasteiger partial charge in [0.15, 0.2) is 0 Å². The van der Waals surface area contributed by atoms with E-state index in [4.69, 9.17) is 21.4 Å². The third-order valence-corrected chi connectivity index (χ3v) is 5.32. The largest absolute Gasteiger partial charge is 0.478 e. The second-order valence-corrected chi connectivity index (χ2v) is 8.46. The van der Waals surface area contributed by atoms with Crippen molar-refractivity contribution >= 4 is 23.3 Å². The molecular weight excluding hydrogens is 470 g/mol. The van der Waals surface area contributed by atoms with E-state index in [1.807, 2.05) is 26.0 Å². The van der Waals surface area contributed by atoms with Gasteiger partial charge in [-0.2, -0.15) is 5.10 Å². The number of aromatic nitrogens is 4. The molecule has 0 bridgehead atoms. The number of benzene rings is 2. The fraction of sp³-hybridized carbons (Fsp3) is 0.160. The zero-order valence-corrected chi connectivity index (χ0v) is 19.7. The Bertz CT molecular complexity index is 1480. The van der Waals surface area contributed by atoms with Crippen LogP contribution in [0, 0.1) is 0 Å². The van der Waals surface area contributed by atoms with Crippen LogP contribution in [0.15, 0.2) is 76.8 Å². The van der Waals surface area contributed by atoms with Gasteiger partial charge in [-0.25, -0.2) is 14.9 Å². The van der Waals surface area contributed by atoms with Gasteiger partial charge in [0.1, 0.15) is 17.2 Å². The van der Waals surface area contributed by atoms with E-state index in [0.717, 1.165) is 5.56 Å². The Morgan fingerprint density at radius 3 is 2.49 bits per heavy atom. The van der Waals surface area contributed by atoms with Crippen molar-refractivity contribution in [1.29, 1.82) is 0 Å². The second-order valence-electron chi connectivity index (χ2n) is 8.03. The highest BCUT2D eigenvalue weighted by Gasteiger charge is 2.12. The third-order valence-electron chi connectivity index (χ3n) is 5.06. The first kappa shape index (κ1) is 23.9. The van der Waals surface area contributed by atoms with Crippen LogP contribution < -0.4 is 15.9 Å². The number of aromatic amines is 1. The minimum absolute atomic E-state index is 0.0284. The van der Waals surface area contributed by atoms with Crippen molar-refractivity contribution in [3.05, 3.63) is 105 Å². The van der Waals surface area contributed by atoms with Crippen LogP contribution in [-0.2, 0) is 6.54 Å². The standard InChI is InChI=1S/C25H22ClN5O4/c1-15(2)22-23(32)31(14-16-3-5-18(26)6-4-16)25(30-29-22)28-19-7-9-20(10-8-19)35-21-11-17(24(33)34)12-27-13-21/h3-13,15H,14H2,1-2H3,(H,28,30)(H,33,34). The Kier molecular flexibility index (Phi) is 7.07. The van der Waals surface area contributed by atoms with Crippen molar-refractivity contribution in [2.75, 3.05) is 0 Å². The zero-order valence-electron chi connectivity index (χ0n) is 19.0. The highest BCUT2D eigenvalue weighted by atomic mass is 35.5. The first-order valence-electron chi connectivity index (χ1n) is 10.7. The van der Waals surface area contributed by atoms with Gasteiger partial charge in [-0.1, -0.05) is 37.6 Å². The van der Waals surface area contributed by atoms with Gasteiger partial charge >= 0.3 is 5.97 Å². The average molecular weight is 492 g/mol. The third kappa shape index (κ3) is 5.82. The first-order valence-corrected chi connectivity index (χ1v) is 11.1. The number of carbonyl (C=O) groups is 1. The van der Waals surface area contributed by atoms with Crippen LogP contribution in [0.3, 0.4) is 0 Å². The molecule has 2 aromatic heterocycles. The highest BCUT2D eigenvalue weighted by molar-refractivity contribution is 6.30. The van der Waals surface area contributed by atoms with Gasteiger partial charge in [0, 0.05) is 17.1 Å². The maximum atomic E-state index is 13.2. The van der Waals surface area contributed by atoms with Crippen LogP contribution >= 0.6 is 11.6 Å². The average Bonchev–Trinajstić information content (AvgIpc) is 2.84. The molecule has 0 spiro atoms. The predicted octanol–water partition coefficient (Wildman–Crippen LogP) is 4.51. The summed E-state index contributed by atoms with van der Waals surface area (Å²) in [5.41, 5.74) is 1.97. The predicted molar refractivity (Wildman–Crippen MR) is 130 cm³/mol. The molecule has 0 fully saturated rings. The smallest absolute Gasteiger partial charge is 0.337 e. The van der Waals surface area contributed by atoms with Gasteiger partial charge in [0.25, 0.3) is 5.56 Å². The van der Waals surface area contributed by atoms with Crippen LogP contribution in [0.4, 0.5) is 5.69 Å². The molecule has 0 amide bonds. The quantitative estimate of drug-likeness (QED) is 0.392. The Balaban J connectivity index is 1.66. The van der Waals surface area contributed by atoms with Gasteiger partial charge in [0.05, 0.1) is 24.0 Å². The van der Waals surface area contributed by atoms with Crippen LogP contribution in [0.2, 0.25) is 5.02 Å². The maximum absolute atomic E-state index is 13.2. The number of rotatable bonds is 7. The van der Waals surface area contributed by atoms with Crippen LogP contribution in [0.1, 0.15) is 41.4 Å². The van der Waals surface area contributed by atoms with E-state index < -0.39 is 5.97 Å². The Morgan fingerprint density at radius 2 is 1.83 bits per heavy atom. The number of nitrogens with zero attached hydrogens (tertiary/aromatic N) is 4. The summed E-state index contributed by atoms with van der Waals surface area (Å²) in [7, 11) is 0. The monoisotopic (exact) mass is 491 g/mol. The van der Waals surface area contributed by atoms with Gasteiger partial charge < -0.3 is 9.84 Å². The summed E-state index contributed by atoms with van der Waals surface area (Å²) in [4.78, 5) is 32.7. The summed E-state index contributed by atoms with van der Waals surface area (Å²) in [6.45, 7) is 4.10. The summed E-state index contributed by atoms with van der Waals surface area (Å²) < 4.78 is 7.24. The molecule has 2 heterocycles. The van der Waals surface area contributed by atoms with Crippen molar-refractivity contribution in [3.63, 3.8) is 0 Å². The highest BCUT2D eigenvalue weighted by Crippen LogP contribution is 2.24. The van der Waals surface area contributed by atoms with E-state index in [0.29, 0.717) is 40.1 Å². The molecule has 4 rings (SSSR count). The Hall–Kier alpha value is -4.24. The minimum atomic E-state index is -1.09. The van der Waals surface area contributed by atoms with E-state index >= 15 is 0 Å². The molecule has 0 saturated heterocycles. The number of aromatic carboxylic acids is 1. The normalized spacial score (nSPS) is 11.6. The number of pyridine rings is 1. The van der Waals surface area contributed by atoms with E-state index in [9.17, 15) is 9.59 Å².